The molecule has 0 saturated carbocycles. The second-order valence-electron chi connectivity index (χ2n) is 5.49. The third kappa shape index (κ3) is 4.17. The number of hydrogen-bond donors (Lipinski definition) is 1. The predicted molar refractivity (Wildman–Crippen MR) is 95.3 cm³/mol. The van der Waals surface area contributed by atoms with Gasteiger partial charge in [0, 0.05) is 36.3 Å². The van der Waals surface area contributed by atoms with Crippen LogP contribution in [0.15, 0.2) is 61.2 Å². The molecule has 6 heteroatoms. The van der Waals surface area contributed by atoms with Crippen molar-refractivity contribution >= 4 is 11.6 Å². The molecule has 1 heterocycles. The molecular weight excluding hydrogens is 318 g/mol. The van der Waals surface area contributed by atoms with Gasteiger partial charge in [0.1, 0.15) is 11.5 Å². The van der Waals surface area contributed by atoms with E-state index in [1.54, 1.807) is 44.9 Å². The molecule has 128 valence electrons. The highest BCUT2D eigenvalue weighted by Crippen LogP contribution is 2.23. The first-order valence-corrected chi connectivity index (χ1v) is 7.77. The molecule has 0 spiro atoms. The van der Waals surface area contributed by atoms with Gasteiger partial charge < -0.3 is 19.4 Å². The van der Waals surface area contributed by atoms with Gasteiger partial charge in [-0.25, -0.2) is 4.98 Å². The van der Waals surface area contributed by atoms with Gasteiger partial charge in [-0.15, -0.1) is 0 Å². The van der Waals surface area contributed by atoms with E-state index in [2.05, 4.69) is 10.3 Å². The van der Waals surface area contributed by atoms with Crippen LogP contribution in [0, 0.1) is 0 Å². The van der Waals surface area contributed by atoms with E-state index >= 15 is 0 Å². The zero-order chi connectivity index (χ0) is 17.6. The first-order valence-electron chi connectivity index (χ1n) is 7.77. The molecule has 6 nitrogen and oxygen atoms in total. The fourth-order valence-corrected chi connectivity index (χ4v) is 2.48. The van der Waals surface area contributed by atoms with Crippen molar-refractivity contribution in [1.29, 1.82) is 0 Å². The Morgan fingerprint density at radius 1 is 1.12 bits per heavy atom. The number of nitrogens with one attached hydrogen (secondary N) is 1. The van der Waals surface area contributed by atoms with E-state index < -0.39 is 0 Å². The number of hydrogen-bond acceptors (Lipinski definition) is 4. The molecule has 0 radical (unpaired) electrons. The van der Waals surface area contributed by atoms with Gasteiger partial charge >= 0.3 is 0 Å². The maximum Gasteiger partial charge on any atom is 0.255 e. The number of benzene rings is 2. The smallest absolute Gasteiger partial charge is 0.255 e. The van der Waals surface area contributed by atoms with Crippen molar-refractivity contribution < 1.29 is 14.3 Å². The third-order valence-corrected chi connectivity index (χ3v) is 3.72. The molecule has 3 rings (SSSR count). The van der Waals surface area contributed by atoms with Gasteiger partial charge in [-0.2, -0.15) is 0 Å². The summed E-state index contributed by atoms with van der Waals surface area (Å²) in [5, 5.41) is 2.91. The molecule has 25 heavy (non-hydrogen) atoms. The molecule has 2 aromatic carbocycles. The fourth-order valence-electron chi connectivity index (χ4n) is 2.48. The monoisotopic (exact) mass is 337 g/mol. The quantitative estimate of drug-likeness (QED) is 0.750. The number of imidazole rings is 1. The topological polar surface area (TPSA) is 65.4 Å². The highest BCUT2D eigenvalue weighted by Gasteiger charge is 2.10. The van der Waals surface area contributed by atoms with E-state index in [0.717, 1.165) is 11.3 Å². The number of methoxy groups -OCH3 is 2. The molecule has 0 atom stereocenters. The second-order valence-corrected chi connectivity index (χ2v) is 5.49. The Morgan fingerprint density at radius 3 is 2.52 bits per heavy atom. The van der Waals surface area contributed by atoms with Crippen molar-refractivity contribution in [3.05, 3.63) is 72.3 Å². The second kappa shape index (κ2) is 7.53. The number of carbonyl (C=O) groups excluding carboxylic acids is 1. The van der Waals surface area contributed by atoms with Gasteiger partial charge in [0.2, 0.25) is 0 Å². The molecule has 0 fully saturated rings. The van der Waals surface area contributed by atoms with Crippen molar-refractivity contribution in [3.63, 3.8) is 0 Å². The fraction of sp³-hybridized carbons (Fsp3) is 0.158. The summed E-state index contributed by atoms with van der Waals surface area (Å²) in [6.07, 6.45) is 5.39. The summed E-state index contributed by atoms with van der Waals surface area (Å²) >= 11 is 0. The van der Waals surface area contributed by atoms with E-state index in [4.69, 9.17) is 9.47 Å². The average molecular weight is 337 g/mol. The lowest BCUT2D eigenvalue weighted by molar-refractivity contribution is 0.102. The SMILES string of the molecule is COc1cc(OC)cc(C(=O)Nc2cccc(Cn3ccnc3)c2)c1. The highest BCUT2D eigenvalue weighted by molar-refractivity contribution is 6.04. The van der Waals surface area contributed by atoms with Crippen LogP contribution in [-0.4, -0.2) is 29.7 Å². The summed E-state index contributed by atoms with van der Waals surface area (Å²) in [6, 6.07) is 12.8. The standard InChI is InChI=1S/C19H19N3O3/c1-24-17-9-15(10-18(11-17)25-2)19(23)21-16-5-3-4-14(8-16)12-22-7-6-20-13-22/h3-11,13H,12H2,1-2H3,(H,21,23). The summed E-state index contributed by atoms with van der Waals surface area (Å²) in [4.78, 5) is 16.6. The highest BCUT2D eigenvalue weighted by atomic mass is 16.5. The van der Waals surface area contributed by atoms with Gasteiger partial charge in [-0.05, 0) is 29.8 Å². The molecule has 0 unspecified atom stereocenters. The molecular formula is C19H19N3O3. The van der Waals surface area contributed by atoms with E-state index in [9.17, 15) is 4.79 Å². The predicted octanol–water partition coefficient (Wildman–Crippen LogP) is 3.20. The summed E-state index contributed by atoms with van der Waals surface area (Å²) in [6.45, 7) is 0.691. The van der Waals surface area contributed by atoms with Crippen molar-refractivity contribution in [2.45, 2.75) is 6.54 Å². The van der Waals surface area contributed by atoms with E-state index in [1.165, 1.54) is 0 Å². The molecule has 0 saturated heterocycles. The van der Waals surface area contributed by atoms with Crippen LogP contribution >= 0.6 is 0 Å². The Kier molecular flexibility index (Phi) is 4.99. The minimum atomic E-state index is -0.225. The molecule has 1 aromatic heterocycles. The molecule has 1 N–H and O–H groups in total. The minimum Gasteiger partial charge on any atom is -0.497 e. The normalized spacial score (nSPS) is 10.3. The van der Waals surface area contributed by atoms with Crippen LogP contribution < -0.4 is 14.8 Å². The van der Waals surface area contributed by atoms with E-state index in [1.807, 2.05) is 35.0 Å². The van der Waals surface area contributed by atoms with Crippen molar-refractivity contribution in [2.24, 2.45) is 0 Å². The lowest BCUT2D eigenvalue weighted by atomic mass is 10.1. The number of anilines is 1. The van der Waals surface area contributed by atoms with Gasteiger partial charge in [-0.3, -0.25) is 4.79 Å². The number of aromatic nitrogens is 2. The average Bonchev–Trinajstić information content (AvgIpc) is 3.14. The van der Waals surface area contributed by atoms with Crippen molar-refractivity contribution in [3.8, 4) is 11.5 Å². The van der Waals surface area contributed by atoms with Crippen LogP contribution in [0.3, 0.4) is 0 Å². The van der Waals surface area contributed by atoms with Crippen LogP contribution in [0.25, 0.3) is 0 Å². The van der Waals surface area contributed by atoms with Crippen LogP contribution in [0.5, 0.6) is 11.5 Å². The Labute approximate surface area is 146 Å². The first-order chi connectivity index (χ1) is 12.2. The Morgan fingerprint density at radius 2 is 1.88 bits per heavy atom. The molecule has 3 aromatic rings. The molecule has 0 aliphatic rings. The van der Waals surface area contributed by atoms with E-state index in [0.29, 0.717) is 23.6 Å². The van der Waals surface area contributed by atoms with Gasteiger partial charge in [0.05, 0.1) is 20.5 Å². The maximum atomic E-state index is 12.5. The lowest BCUT2D eigenvalue weighted by Gasteiger charge is -2.10. The number of carbonyl (C=O) groups is 1. The van der Waals surface area contributed by atoms with Gasteiger partial charge in [0.25, 0.3) is 5.91 Å². The number of amides is 1. The zero-order valence-corrected chi connectivity index (χ0v) is 14.1. The number of rotatable bonds is 6. The maximum absolute atomic E-state index is 12.5. The minimum absolute atomic E-state index is 0.225. The summed E-state index contributed by atoms with van der Waals surface area (Å²) in [7, 11) is 3.10. The van der Waals surface area contributed by atoms with Crippen molar-refractivity contribution in [2.75, 3.05) is 19.5 Å². The number of ether oxygens (including phenoxy) is 2. The number of nitrogens with zero attached hydrogens (tertiary/aromatic N) is 2. The van der Waals surface area contributed by atoms with Crippen LogP contribution in [0.2, 0.25) is 0 Å². The molecule has 0 aliphatic heterocycles. The van der Waals surface area contributed by atoms with Crippen LogP contribution in [0.4, 0.5) is 5.69 Å². The Bertz CT molecular complexity index is 838. The lowest BCUT2D eigenvalue weighted by Crippen LogP contribution is -2.12. The summed E-state index contributed by atoms with van der Waals surface area (Å²) in [5.74, 6) is 0.911. The summed E-state index contributed by atoms with van der Waals surface area (Å²) < 4.78 is 12.4. The molecule has 1 amide bonds. The first kappa shape index (κ1) is 16.6. The van der Waals surface area contributed by atoms with Gasteiger partial charge in [-0.1, -0.05) is 12.1 Å². The Balaban J connectivity index is 1.77. The molecule has 0 aliphatic carbocycles. The van der Waals surface area contributed by atoms with Gasteiger partial charge in [0.15, 0.2) is 0 Å². The molecule has 0 bridgehead atoms. The zero-order valence-electron chi connectivity index (χ0n) is 14.1. The third-order valence-electron chi connectivity index (χ3n) is 3.72. The van der Waals surface area contributed by atoms with E-state index in [-0.39, 0.29) is 5.91 Å². The largest absolute Gasteiger partial charge is 0.497 e. The van der Waals surface area contributed by atoms with Crippen LogP contribution in [-0.2, 0) is 6.54 Å². The summed E-state index contributed by atoms with van der Waals surface area (Å²) in [5.41, 5.74) is 2.26. The van der Waals surface area contributed by atoms with Crippen LogP contribution in [0.1, 0.15) is 15.9 Å². The Hall–Kier alpha value is -3.28. The van der Waals surface area contributed by atoms with Crippen molar-refractivity contribution in [1.82, 2.24) is 9.55 Å².